The predicted octanol–water partition coefficient (Wildman–Crippen LogP) is 5.97. The topological polar surface area (TPSA) is 121 Å². The van der Waals surface area contributed by atoms with Crippen LogP contribution in [0.25, 0.3) is 0 Å². The molecule has 11 atom stereocenters. The Hall–Kier alpha value is -0.700. The Balaban J connectivity index is 1.51. The number of carbonyl (C=O) groups is 1. The molecule has 0 aromatic rings. The van der Waals surface area contributed by atoms with E-state index < -0.39 is 21.8 Å². The number of fused-ring (bicyclic) bond motifs is 7. The third kappa shape index (κ3) is 3.82. The highest BCUT2D eigenvalue weighted by atomic mass is 32.3. The van der Waals surface area contributed by atoms with Gasteiger partial charge in [-0.05, 0) is 121 Å². The molecule has 8 heteroatoms. The zero-order valence-electron chi connectivity index (χ0n) is 24.2. The quantitative estimate of drug-likeness (QED) is 0.358. The lowest BCUT2D eigenvalue weighted by molar-refractivity contribution is -0.249. The fraction of sp³-hybridized carbons (Fsp3) is 0.967. The van der Waals surface area contributed by atoms with Crippen molar-refractivity contribution in [1.29, 1.82) is 0 Å². The number of aliphatic hydroxyl groups is 1. The van der Waals surface area contributed by atoms with Gasteiger partial charge in [0, 0.05) is 0 Å². The number of aliphatic hydroxyl groups excluding tert-OH is 1. The zero-order chi connectivity index (χ0) is 28.1. The first-order valence-corrected chi connectivity index (χ1v) is 16.3. The average molecular weight is 555 g/mol. The van der Waals surface area contributed by atoms with Crippen LogP contribution in [0.5, 0.6) is 0 Å². The van der Waals surface area contributed by atoms with Gasteiger partial charge in [0.2, 0.25) is 0 Å². The molecule has 0 heterocycles. The molecule has 7 nitrogen and oxygen atoms in total. The second-order valence-electron chi connectivity index (χ2n) is 15.4. The molecule has 0 aliphatic heterocycles. The van der Waals surface area contributed by atoms with Crippen LogP contribution in [0.3, 0.4) is 0 Å². The highest BCUT2D eigenvalue weighted by Crippen LogP contribution is 2.77. The summed E-state index contributed by atoms with van der Waals surface area (Å²) in [6.45, 7) is 13.8. The molecular weight excluding hydrogens is 504 g/mol. The predicted molar refractivity (Wildman–Crippen MR) is 144 cm³/mol. The van der Waals surface area contributed by atoms with Crippen molar-refractivity contribution in [2.75, 3.05) is 6.61 Å². The standard InChI is InChI=1S/C30H50O7S/c1-18(17-37-38(34,35)36)19-9-14-30(25(32)33)16-15-28(5)20(24(19)30)7-8-22-27(4)12-11-23(31)26(2,3)21(27)10-13-29(22,28)6/h18-24,31H,7-17H2,1-6H3,(H,32,33)(H,34,35,36)/t18?,19-,20?,21?,22?,23-,24?,27-,28+,29+,30-/m0/s1. The van der Waals surface area contributed by atoms with Crippen LogP contribution in [0.4, 0.5) is 0 Å². The van der Waals surface area contributed by atoms with E-state index in [1.807, 2.05) is 6.92 Å². The number of carboxylic acid groups (broad SMARTS) is 1. The molecule has 5 aliphatic rings. The third-order valence-electron chi connectivity index (χ3n) is 14.1. The highest BCUT2D eigenvalue weighted by Gasteiger charge is 2.72. The minimum atomic E-state index is -4.54. The summed E-state index contributed by atoms with van der Waals surface area (Å²) < 4.78 is 36.6. The lowest BCUT2D eigenvalue weighted by Crippen LogP contribution is -2.67. The largest absolute Gasteiger partial charge is 0.481 e. The number of rotatable bonds is 5. The Morgan fingerprint density at radius 3 is 2.21 bits per heavy atom. The van der Waals surface area contributed by atoms with Gasteiger partial charge in [-0.2, -0.15) is 8.42 Å². The van der Waals surface area contributed by atoms with E-state index in [1.165, 1.54) is 0 Å². The minimum Gasteiger partial charge on any atom is -0.481 e. The summed E-state index contributed by atoms with van der Waals surface area (Å²) in [4.78, 5) is 12.9. The van der Waals surface area contributed by atoms with Crippen LogP contribution >= 0.6 is 0 Å². The maximum absolute atomic E-state index is 12.9. The van der Waals surface area contributed by atoms with Gasteiger partial charge in [-0.25, -0.2) is 4.18 Å². The second kappa shape index (κ2) is 8.90. The van der Waals surface area contributed by atoms with Gasteiger partial charge in [-0.1, -0.05) is 41.5 Å². The molecule has 0 amide bonds. The van der Waals surface area contributed by atoms with Crippen LogP contribution in [-0.4, -0.2) is 41.9 Å². The van der Waals surface area contributed by atoms with E-state index in [9.17, 15) is 28.0 Å². The Morgan fingerprint density at radius 2 is 1.58 bits per heavy atom. The molecule has 5 fully saturated rings. The first-order valence-electron chi connectivity index (χ1n) is 15.0. The van der Waals surface area contributed by atoms with Gasteiger partial charge in [0.1, 0.15) is 0 Å². The van der Waals surface area contributed by atoms with Gasteiger partial charge in [-0.3, -0.25) is 9.35 Å². The van der Waals surface area contributed by atoms with E-state index in [1.54, 1.807) is 0 Å². The summed E-state index contributed by atoms with van der Waals surface area (Å²) >= 11 is 0. The maximum atomic E-state index is 12.9. The molecule has 0 bridgehead atoms. The van der Waals surface area contributed by atoms with Crippen LogP contribution in [0, 0.1) is 62.6 Å². The Kier molecular flexibility index (Phi) is 6.75. The fourth-order valence-electron chi connectivity index (χ4n) is 12.0. The second-order valence-corrected chi connectivity index (χ2v) is 16.5. The molecule has 0 aromatic heterocycles. The molecule has 0 radical (unpaired) electrons. The van der Waals surface area contributed by atoms with E-state index in [2.05, 4.69) is 34.6 Å². The van der Waals surface area contributed by atoms with Crippen LogP contribution in [0.2, 0.25) is 0 Å². The fourth-order valence-corrected chi connectivity index (χ4v) is 12.3. The van der Waals surface area contributed by atoms with E-state index in [0.717, 1.165) is 51.4 Å². The van der Waals surface area contributed by atoms with Gasteiger partial charge >= 0.3 is 16.4 Å². The first kappa shape index (κ1) is 28.8. The molecule has 5 saturated carbocycles. The smallest absolute Gasteiger partial charge is 0.397 e. The lowest BCUT2D eigenvalue weighted by atomic mass is 9.32. The average Bonchev–Trinajstić information content (AvgIpc) is 3.21. The highest BCUT2D eigenvalue weighted by molar-refractivity contribution is 7.80. The van der Waals surface area contributed by atoms with Gasteiger partial charge in [0.25, 0.3) is 0 Å². The van der Waals surface area contributed by atoms with Crippen molar-refractivity contribution in [3.8, 4) is 0 Å². The number of carboxylic acids is 1. The van der Waals surface area contributed by atoms with E-state index in [4.69, 9.17) is 4.18 Å². The summed E-state index contributed by atoms with van der Waals surface area (Å²) in [5.41, 5.74) is -0.610. The van der Waals surface area contributed by atoms with Crippen molar-refractivity contribution < 1.29 is 32.2 Å². The summed E-state index contributed by atoms with van der Waals surface area (Å²) in [5.74, 6) is 0.456. The van der Waals surface area contributed by atoms with Crippen LogP contribution < -0.4 is 0 Å². The van der Waals surface area contributed by atoms with E-state index >= 15 is 0 Å². The summed E-state index contributed by atoms with van der Waals surface area (Å²) in [6, 6.07) is 0. The van der Waals surface area contributed by atoms with Gasteiger partial charge in [0.15, 0.2) is 0 Å². The molecule has 5 rings (SSSR count). The van der Waals surface area contributed by atoms with E-state index in [-0.39, 0.29) is 58.0 Å². The molecule has 5 unspecified atom stereocenters. The summed E-state index contributed by atoms with van der Waals surface area (Å²) in [7, 11) is -4.54. The van der Waals surface area contributed by atoms with Crippen molar-refractivity contribution in [3.05, 3.63) is 0 Å². The molecule has 5 aliphatic carbocycles. The van der Waals surface area contributed by atoms with Gasteiger partial charge in [-0.15, -0.1) is 0 Å². The summed E-state index contributed by atoms with van der Waals surface area (Å²) in [5, 5.41) is 21.5. The number of hydrogen-bond donors (Lipinski definition) is 3. The van der Waals surface area contributed by atoms with Crippen molar-refractivity contribution in [1.82, 2.24) is 0 Å². The SMILES string of the molecule is CC(COS(=O)(=O)O)[C@@H]1CC[C@]2(C(=O)O)CC[C@]3(C)C(CCC4[C@@]5(C)CC[C@H](O)C(C)(C)C5CC[C@]43C)C12. The first-order chi connectivity index (χ1) is 17.4. The molecule has 3 N–H and O–H groups in total. The Bertz CT molecular complexity index is 1070. The number of aliphatic carboxylic acids is 1. The Morgan fingerprint density at radius 1 is 0.895 bits per heavy atom. The lowest BCUT2D eigenvalue weighted by Gasteiger charge is -2.72. The molecule has 218 valence electrons. The summed E-state index contributed by atoms with van der Waals surface area (Å²) in [6.07, 6.45) is 8.94. The van der Waals surface area contributed by atoms with Crippen molar-refractivity contribution in [2.24, 2.45) is 62.6 Å². The Labute approximate surface area is 229 Å². The molecule has 38 heavy (non-hydrogen) atoms. The van der Waals surface area contributed by atoms with Crippen LogP contribution in [0.1, 0.15) is 106 Å². The van der Waals surface area contributed by atoms with Gasteiger partial charge < -0.3 is 10.2 Å². The van der Waals surface area contributed by atoms with Crippen LogP contribution in [0.15, 0.2) is 0 Å². The maximum Gasteiger partial charge on any atom is 0.397 e. The zero-order valence-corrected chi connectivity index (χ0v) is 25.0. The molecule has 0 saturated heterocycles. The third-order valence-corrected chi connectivity index (χ3v) is 14.5. The van der Waals surface area contributed by atoms with Gasteiger partial charge in [0.05, 0.1) is 18.1 Å². The normalized spacial score (nSPS) is 50.7. The van der Waals surface area contributed by atoms with E-state index in [0.29, 0.717) is 24.7 Å². The molecule has 0 aromatic carbocycles. The molecule has 0 spiro atoms. The van der Waals surface area contributed by atoms with Crippen molar-refractivity contribution >= 4 is 16.4 Å². The monoisotopic (exact) mass is 554 g/mol. The van der Waals surface area contributed by atoms with Crippen molar-refractivity contribution in [2.45, 2.75) is 112 Å². The molecular formula is C30H50O7S. The minimum absolute atomic E-state index is 0.0000581. The van der Waals surface area contributed by atoms with Crippen molar-refractivity contribution in [3.63, 3.8) is 0 Å². The van der Waals surface area contributed by atoms with Crippen LogP contribution in [-0.2, 0) is 19.4 Å². The number of hydrogen-bond acceptors (Lipinski definition) is 5.